The number of hydrogen-bond donors (Lipinski definition) is 0. The molecule has 0 N–H and O–H groups in total. The SMILES string of the molecule is O=C1N=C(c2cccs2)C=CC1C(=O)N1CCc2sccc2C1. The minimum atomic E-state index is -0.779. The summed E-state index contributed by atoms with van der Waals surface area (Å²) in [6.07, 6.45) is 4.35. The lowest BCUT2D eigenvalue weighted by Crippen LogP contribution is -2.41. The van der Waals surface area contributed by atoms with Crippen LogP contribution in [0.25, 0.3) is 0 Å². The van der Waals surface area contributed by atoms with Crippen molar-refractivity contribution in [2.45, 2.75) is 13.0 Å². The largest absolute Gasteiger partial charge is 0.337 e. The molecule has 2 amide bonds. The molecule has 0 bridgehead atoms. The standard InChI is InChI=1S/C17H14N2O2S2/c20-16-12(3-4-13(18-16)15-2-1-8-22-15)17(21)19-7-5-14-11(10-19)6-9-23-14/h1-4,6,8-9,12H,5,7,10H2. The fourth-order valence-electron chi connectivity index (χ4n) is 2.88. The Morgan fingerprint density at radius 2 is 2.17 bits per heavy atom. The first-order valence-electron chi connectivity index (χ1n) is 7.41. The van der Waals surface area contributed by atoms with Gasteiger partial charge < -0.3 is 4.90 Å². The first kappa shape index (κ1) is 14.5. The molecule has 4 rings (SSSR count). The molecule has 1 unspecified atom stereocenters. The van der Waals surface area contributed by atoms with Crippen LogP contribution in [0.5, 0.6) is 0 Å². The number of rotatable bonds is 2. The minimum Gasteiger partial charge on any atom is -0.337 e. The van der Waals surface area contributed by atoms with E-state index in [4.69, 9.17) is 0 Å². The summed E-state index contributed by atoms with van der Waals surface area (Å²) in [7, 11) is 0. The zero-order valence-corrected chi connectivity index (χ0v) is 13.9. The maximum absolute atomic E-state index is 12.7. The van der Waals surface area contributed by atoms with Crippen molar-refractivity contribution < 1.29 is 9.59 Å². The highest BCUT2D eigenvalue weighted by Crippen LogP contribution is 2.26. The van der Waals surface area contributed by atoms with Crippen LogP contribution in [-0.4, -0.2) is 29.0 Å². The molecule has 2 aliphatic heterocycles. The maximum Gasteiger partial charge on any atom is 0.262 e. The Morgan fingerprint density at radius 1 is 1.26 bits per heavy atom. The summed E-state index contributed by atoms with van der Waals surface area (Å²) in [4.78, 5) is 33.2. The van der Waals surface area contributed by atoms with E-state index in [1.807, 2.05) is 17.5 Å². The molecule has 0 aromatic carbocycles. The first-order chi connectivity index (χ1) is 11.2. The molecular weight excluding hydrogens is 328 g/mol. The number of thiophene rings is 2. The predicted molar refractivity (Wildman–Crippen MR) is 91.9 cm³/mol. The number of carbonyl (C=O) groups excluding carboxylic acids is 2. The summed E-state index contributed by atoms with van der Waals surface area (Å²) < 4.78 is 0. The van der Waals surface area contributed by atoms with E-state index in [1.165, 1.54) is 21.8 Å². The smallest absolute Gasteiger partial charge is 0.262 e. The van der Waals surface area contributed by atoms with Gasteiger partial charge in [0.2, 0.25) is 5.91 Å². The van der Waals surface area contributed by atoms with E-state index in [2.05, 4.69) is 16.4 Å². The number of aliphatic imine (C=N–C) groups is 1. The van der Waals surface area contributed by atoms with E-state index in [0.717, 1.165) is 11.3 Å². The average molecular weight is 342 g/mol. The average Bonchev–Trinajstić information content (AvgIpc) is 3.24. The van der Waals surface area contributed by atoms with Crippen LogP contribution >= 0.6 is 22.7 Å². The van der Waals surface area contributed by atoms with E-state index in [0.29, 0.717) is 18.8 Å². The summed E-state index contributed by atoms with van der Waals surface area (Å²) in [5, 5.41) is 4.00. The summed E-state index contributed by atoms with van der Waals surface area (Å²) in [5.41, 5.74) is 1.84. The Hall–Kier alpha value is -2.05. The molecule has 4 nitrogen and oxygen atoms in total. The van der Waals surface area contributed by atoms with Crippen molar-refractivity contribution in [3.63, 3.8) is 0 Å². The topological polar surface area (TPSA) is 49.7 Å². The lowest BCUT2D eigenvalue weighted by Gasteiger charge is -2.29. The highest BCUT2D eigenvalue weighted by atomic mass is 32.1. The first-order valence-corrected chi connectivity index (χ1v) is 9.17. The van der Waals surface area contributed by atoms with Gasteiger partial charge in [-0.1, -0.05) is 12.1 Å². The van der Waals surface area contributed by atoms with Crippen LogP contribution in [0, 0.1) is 5.92 Å². The summed E-state index contributed by atoms with van der Waals surface area (Å²) >= 11 is 3.27. The Morgan fingerprint density at radius 3 is 2.96 bits per heavy atom. The maximum atomic E-state index is 12.7. The third-order valence-corrected chi connectivity index (χ3v) is 6.02. The zero-order valence-electron chi connectivity index (χ0n) is 12.3. The van der Waals surface area contributed by atoms with Gasteiger partial charge in [-0.3, -0.25) is 9.59 Å². The van der Waals surface area contributed by atoms with Crippen LogP contribution < -0.4 is 0 Å². The van der Waals surface area contributed by atoms with Gasteiger partial charge in [-0.2, -0.15) is 0 Å². The molecule has 1 atom stereocenters. The van der Waals surface area contributed by atoms with Crippen molar-refractivity contribution in [3.8, 4) is 0 Å². The molecule has 2 aromatic heterocycles. The fraction of sp³-hybridized carbons (Fsp3) is 0.235. The van der Waals surface area contributed by atoms with Crippen molar-refractivity contribution in [2.24, 2.45) is 10.9 Å². The predicted octanol–water partition coefficient (Wildman–Crippen LogP) is 2.90. The number of allylic oxidation sites excluding steroid dienone is 1. The van der Waals surface area contributed by atoms with Crippen LogP contribution in [0.4, 0.5) is 0 Å². The molecule has 4 heterocycles. The lowest BCUT2D eigenvalue weighted by molar-refractivity contribution is -0.139. The zero-order chi connectivity index (χ0) is 15.8. The van der Waals surface area contributed by atoms with Gasteiger partial charge in [0.1, 0.15) is 5.92 Å². The number of carbonyl (C=O) groups is 2. The quantitative estimate of drug-likeness (QED) is 0.788. The Bertz CT molecular complexity index is 818. The van der Waals surface area contributed by atoms with Gasteiger partial charge in [-0.25, -0.2) is 4.99 Å². The molecule has 0 fully saturated rings. The molecule has 2 aromatic rings. The second-order valence-corrected chi connectivity index (χ2v) is 7.48. The molecule has 0 radical (unpaired) electrons. The molecule has 0 aliphatic carbocycles. The van der Waals surface area contributed by atoms with E-state index in [-0.39, 0.29) is 11.8 Å². The Labute approximate surface area is 141 Å². The minimum absolute atomic E-state index is 0.142. The fourth-order valence-corrected chi connectivity index (χ4v) is 4.46. The molecule has 116 valence electrons. The summed E-state index contributed by atoms with van der Waals surface area (Å²) in [5.74, 6) is -1.28. The Kier molecular flexibility index (Phi) is 3.71. The van der Waals surface area contributed by atoms with Gasteiger partial charge >= 0.3 is 0 Å². The van der Waals surface area contributed by atoms with E-state index in [9.17, 15) is 9.59 Å². The molecular formula is C17H14N2O2S2. The van der Waals surface area contributed by atoms with Crippen molar-refractivity contribution >= 4 is 40.2 Å². The third-order valence-electron chi connectivity index (χ3n) is 4.10. The second kappa shape index (κ2) is 5.86. The van der Waals surface area contributed by atoms with Crippen molar-refractivity contribution in [1.29, 1.82) is 0 Å². The van der Waals surface area contributed by atoms with E-state index >= 15 is 0 Å². The molecule has 23 heavy (non-hydrogen) atoms. The van der Waals surface area contributed by atoms with Crippen LogP contribution in [0.3, 0.4) is 0 Å². The molecule has 0 saturated heterocycles. The van der Waals surface area contributed by atoms with Gasteiger partial charge in [0.25, 0.3) is 5.91 Å². The normalized spacial score (nSPS) is 20.3. The van der Waals surface area contributed by atoms with Crippen LogP contribution in [0.1, 0.15) is 15.3 Å². The van der Waals surface area contributed by atoms with Crippen molar-refractivity contribution in [3.05, 3.63) is 56.4 Å². The molecule has 6 heteroatoms. The van der Waals surface area contributed by atoms with Crippen LogP contribution in [0.15, 0.2) is 46.1 Å². The van der Waals surface area contributed by atoms with Gasteiger partial charge in [-0.15, -0.1) is 22.7 Å². The Balaban J connectivity index is 1.51. The molecule has 2 aliphatic rings. The van der Waals surface area contributed by atoms with Gasteiger partial charge in [0.05, 0.1) is 10.6 Å². The highest BCUT2D eigenvalue weighted by Gasteiger charge is 2.32. The third kappa shape index (κ3) is 2.68. The summed E-state index contributed by atoms with van der Waals surface area (Å²) in [6, 6.07) is 5.90. The van der Waals surface area contributed by atoms with Crippen LogP contribution in [0.2, 0.25) is 0 Å². The van der Waals surface area contributed by atoms with Gasteiger partial charge in [0, 0.05) is 18.0 Å². The van der Waals surface area contributed by atoms with Crippen LogP contribution in [-0.2, 0) is 22.6 Å². The number of amides is 2. The number of dihydropyridines is 1. The molecule has 0 saturated carbocycles. The van der Waals surface area contributed by atoms with Crippen molar-refractivity contribution in [1.82, 2.24) is 4.90 Å². The lowest BCUT2D eigenvalue weighted by atomic mass is 10.0. The number of hydrogen-bond acceptors (Lipinski definition) is 4. The van der Waals surface area contributed by atoms with Gasteiger partial charge in [-0.05, 0) is 41.0 Å². The number of fused-ring (bicyclic) bond motifs is 1. The monoisotopic (exact) mass is 342 g/mol. The molecule has 0 spiro atoms. The van der Waals surface area contributed by atoms with Gasteiger partial charge in [0.15, 0.2) is 0 Å². The van der Waals surface area contributed by atoms with E-state index < -0.39 is 5.92 Å². The summed E-state index contributed by atoms with van der Waals surface area (Å²) in [6.45, 7) is 1.27. The van der Waals surface area contributed by atoms with E-state index in [1.54, 1.807) is 28.4 Å². The number of nitrogens with zero attached hydrogens (tertiary/aromatic N) is 2. The second-order valence-electron chi connectivity index (χ2n) is 5.53. The highest BCUT2D eigenvalue weighted by molar-refractivity contribution is 7.12. The van der Waals surface area contributed by atoms with Crippen molar-refractivity contribution in [2.75, 3.05) is 6.54 Å².